The summed E-state index contributed by atoms with van der Waals surface area (Å²) in [6.45, 7) is 0. The van der Waals surface area contributed by atoms with Gasteiger partial charge in [-0.1, -0.05) is 29.3 Å². The normalized spacial score (nSPS) is 11.9. The topological polar surface area (TPSA) is 47.0 Å². The molecule has 1 aromatic carbocycles. The molecule has 7 heteroatoms. The fourth-order valence-electron chi connectivity index (χ4n) is 1.31. The number of benzene rings is 1. The fraction of sp³-hybridized carbons (Fsp3) is 0. The fourth-order valence-corrected chi connectivity index (χ4v) is 2.30. The zero-order valence-electron chi connectivity index (χ0n) is 7.62. The van der Waals surface area contributed by atoms with Crippen molar-refractivity contribution in [2.24, 2.45) is 0 Å². The zero-order valence-corrected chi connectivity index (χ0v) is 9.94. The van der Waals surface area contributed by atoms with E-state index in [1.807, 2.05) is 0 Å². The summed E-state index contributed by atoms with van der Waals surface area (Å²) in [6.07, 6.45) is 0. The molecule has 0 unspecified atom stereocenters. The van der Waals surface area contributed by atoms with E-state index in [-0.39, 0.29) is 10.3 Å². The van der Waals surface area contributed by atoms with E-state index < -0.39 is 15.1 Å². The third kappa shape index (κ3) is 2.11. The summed E-state index contributed by atoms with van der Waals surface area (Å²) in [7, 11) is -4.74. The first-order chi connectivity index (χ1) is 7.38. The highest BCUT2D eigenvalue weighted by atomic mass is 35.5. The minimum atomic E-state index is -4.74. The molecule has 84 valence electrons. The van der Waals surface area contributed by atoms with Crippen LogP contribution in [0.2, 0.25) is 10.3 Å². The molecule has 0 fully saturated rings. The van der Waals surface area contributed by atoms with Crippen molar-refractivity contribution in [1.29, 1.82) is 0 Å². The maximum absolute atomic E-state index is 12.7. The number of nitrogens with zero attached hydrogens (tertiary/aromatic N) is 1. The van der Waals surface area contributed by atoms with E-state index in [4.69, 9.17) is 23.2 Å². The van der Waals surface area contributed by atoms with E-state index in [0.717, 1.165) is 12.1 Å². The molecule has 0 saturated heterocycles. The summed E-state index contributed by atoms with van der Waals surface area (Å²) in [4.78, 5) is 3.29. The minimum absolute atomic E-state index is 0.0352. The van der Waals surface area contributed by atoms with Crippen LogP contribution in [0.15, 0.2) is 29.2 Å². The minimum Gasteiger partial charge on any atom is -0.224 e. The second kappa shape index (κ2) is 3.84. The van der Waals surface area contributed by atoms with Crippen LogP contribution in [0.4, 0.5) is 3.89 Å². The maximum atomic E-state index is 12.7. The Morgan fingerprint density at radius 1 is 1.19 bits per heavy atom. The van der Waals surface area contributed by atoms with Crippen molar-refractivity contribution in [3.8, 4) is 0 Å². The summed E-state index contributed by atoms with van der Waals surface area (Å²) in [5.74, 6) is 0. The van der Waals surface area contributed by atoms with Gasteiger partial charge in [-0.05, 0) is 23.6 Å². The van der Waals surface area contributed by atoms with Gasteiger partial charge in [0.2, 0.25) is 0 Å². The molecular weight excluding hydrogens is 276 g/mol. The van der Waals surface area contributed by atoms with Crippen molar-refractivity contribution in [1.82, 2.24) is 4.98 Å². The highest BCUT2D eigenvalue weighted by Crippen LogP contribution is 2.27. The molecule has 0 bridgehead atoms. The van der Waals surface area contributed by atoms with Gasteiger partial charge >= 0.3 is 10.2 Å². The number of pyridine rings is 1. The van der Waals surface area contributed by atoms with Crippen LogP contribution in [0.1, 0.15) is 0 Å². The molecule has 2 aromatic rings. The molecule has 0 aliphatic rings. The molecule has 3 nitrogen and oxygen atoms in total. The van der Waals surface area contributed by atoms with Gasteiger partial charge in [-0.15, -0.1) is 3.89 Å². The first-order valence-corrected chi connectivity index (χ1v) is 6.22. The number of hydrogen-bond acceptors (Lipinski definition) is 3. The molecule has 0 aliphatic heterocycles. The van der Waals surface area contributed by atoms with E-state index in [9.17, 15) is 12.3 Å². The lowest BCUT2D eigenvalue weighted by molar-refractivity contribution is 0.552. The van der Waals surface area contributed by atoms with Crippen LogP contribution in [0.3, 0.4) is 0 Å². The summed E-state index contributed by atoms with van der Waals surface area (Å²) in [6, 6.07) is 5.19. The van der Waals surface area contributed by atoms with Gasteiger partial charge in [0.15, 0.2) is 0 Å². The monoisotopic (exact) mass is 279 g/mol. The molecule has 1 heterocycles. The summed E-state index contributed by atoms with van der Waals surface area (Å²) in [5.41, 5.74) is 0. The molecule has 0 N–H and O–H groups in total. The summed E-state index contributed by atoms with van der Waals surface area (Å²) < 4.78 is 34.1. The van der Waals surface area contributed by atoms with Gasteiger partial charge in [0, 0.05) is 5.39 Å². The lowest BCUT2D eigenvalue weighted by Gasteiger charge is -2.02. The second-order valence-corrected chi connectivity index (χ2v) is 5.15. The quantitative estimate of drug-likeness (QED) is 0.595. The Kier molecular flexibility index (Phi) is 2.77. The molecule has 0 radical (unpaired) electrons. The highest BCUT2D eigenvalue weighted by molar-refractivity contribution is 7.86. The third-order valence-electron chi connectivity index (χ3n) is 2.01. The van der Waals surface area contributed by atoms with Crippen LogP contribution in [-0.4, -0.2) is 13.4 Å². The molecular formula is C9H4Cl2FNO2S. The van der Waals surface area contributed by atoms with Crippen LogP contribution in [0.25, 0.3) is 10.8 Å². The predicted octanol–water partition coefficient (Wildman–Crippen LogP) is 3.20. The summed E-state index contributed by atoms with van der Waals surface area (Å²) >= 11 is 11.4. The van der Waals surface area contributed by atoms with Gasteiger partial charge in [0.25, 0.3) is 0 Å². The predicted molar refractivity (Wildman–Crippen MR) is 60.1 cm³/mol. The number of fused-ring (bicyclic) bond motifs is 1. The van der Waals surface area contributed by atoms with Gasteiger partial charge in [-0.2, -0.15) is 8.42 Å². The Labute approximate surface area is 101 Å². The first-order valence-electron chi connectivity index (χ1n) is 4.08. The standard InChI is InChI=1S/C9H4Cl2FNO2S/c10-8-3-5-1-2-6(16(12,14)15)4-7(5)9(11)13-8/h1-4H. The van der Waals surface area contributed by atoms with E-state index in [2.05, 4.69) is 4.98 Å². The Balaban J connectivity index is 2.82. The lowest BCUT2D eigenvalue weighted by atomic mass is 10.2. The number of rotatable bonds is 1. The van der Waals surface area contributed by atoms with E-state index in [0.29, 0.717) is 10.8 Å². The number of aromatic nitrogens is 1. The van der Waals surface area contributed by atoms with Gasteiger partial charge in [0.1, 0.15) is 10.3 Å². The maximum Gasteiger partial charge on any atom is 0.332 e. The van der Waals surface area contributed by atoms with Gasteiger partial charge in [0.05, 0.1) is 4.90 Å². The summed E-state index contributed by atoms with van der Waals surface area (Å²) in [5, 5.41) is 1.16. The smallest absolute Gasteiger partial charge is 0.224 e. The molecule has 16 heavy (non-hydrogen) atoms. The van der Waals surface area contributed by atoms with Crippen LogP contribution < -0.4 is 0 Å². The molecule has 0 atom stereocenters. The van der Waals surface area contributed by atoms with Crippen LogP contribution in [0, 0.1) is 0 Å². The Hall–Kier alpha value is -0.910. The van der Waals surface area contributed by atoms with E-state index in [1.165, 1.54) is 12.1 Å². The Morgan fingerprint density at radius 3 is 2.50 bits per heavy atom. The number of halogens is 3. The molecule has 0 amide bonds. The lowest BCUT2D eigenvalue weighted by Crippen LogP contribution is -1.92. The molecule has 0 saturated carbocycles. The van der Waals surface area contributed by atoms with E-state index in [1.54, 1.807) is 0 Å². The van der Waals surface area contributed by atoms with E-state index >= 15 is 0 Å². The third-order valence-corrected chi connectivity index (χ3v) is 3.31. The Bertz CT molecular complexity index is 673. The largest absolute Gasteiger partial charge is 0.332 e. The molecule has 0 spiro atoms. The van der Waals surface area contributed by atoms with Crippen molar-refractivity contribution in [2.75, 3.05) is 0 Å². The average Bonchev–Trinajstić information content (AvgIpc) is 2.15. The van der Waals surface area contributed by atoms with Crippen molar-refractivity contribution in [3.05, 3.63) is 34.6 Å². The van der Waals surface area contributed by atoms with Crippen LogP contribution >= 0.6 is 23.2 Å². The van der Waals surface area contributed by atoms with Gasteiger partial charge < -0.3 is 0 Å². The van der Waals surface area contributed by atoms with Crippen molar-refractivity contribution < 1.29 is 12.3 Å². The first kappa shape index (κ1) is 11.6. The van der Waals surface area contributed by atoms with Crippen molar-refractivity contribution in [2.45, 2.75) is 4.90 Å². The molecule has 0 aliphatic carbocycles. The van der Waals surface area contributed by atoms with Crippen molar-refractivity contribution >= 4 is 44.2 Å². The van der Waals surface area contributed by atoms with Gasteiger partial charge in [-0.3, -0.25) is 0 Å². The SMILES string of the molecule is O=S(=O)(F)c1ccc2cc(Cl)nc(Cl)c2c1. The van der Waals surface area contributed by atoms with Crippen molar-refractivity contribution in [3.63, 3.8) is 0 Å². The Morgan fingerprint density at radius 2 is 1.88 bits per heavy atom. The van der Waals surface area contributed by atoms with Gasteiger partial charge in [-0.25, -0.2) is 4.98 Å². The highest BCUT2D eigenvalue weighted by Gasteiger charge is 2.13. The molecule has 2 rings (SSSR count). The number of hydrogen-bond donors (Lipinski definition) is 0. The molecule has 1 aromatic heterocycles. The zero-order chi connectivity index (χ0) is 11.9. The van der Waals surface area contributed by atoms with Crippen LogP contribution in [0.5, 0.6) is 0 Å². The van der Waals surface area contributed by atoms with Crippen LogP contribution in [-0.2, 0) is 10.2 Å². The second-order valence-electron chi connectivity index (χ2n) is 3.06. The average molecular weight is 280 g/mol.